The van der Waals surface area contributed by atoms with Crippen molar-refractivity contribution < 1.29 is 30.0 Å². The molecule has 1 heterocycles. The number of quaternary nitrogens is 2. The van der Waals surface area contributed by atoms with E-state index in [9.17, 15) is 4.79 Å². The number of hydrogen-bond acceptors (Lipinski definition) is 4. The number of fused-ring (bicyclic) bond motifs is 2. The van der Waals surface area contributed by atoms with Crippen molar-refractivity contribution in [2.24, 2.45) is 23.2 Å². The van der Waals surface area contributed by atoms with Crippen LogP contribution in [-0.2, 0) is 9.53 Å². The highest BCUT2D eigenvalue weighted by Crippen LogP contribution is 2.56. The fraction of sp³-hybridized carbons (Fsp3) is 0.864. The van der Waals surface area contributed by atoms with Crippen LogP contribution in [0.4, 0.5) is 0 Å². The van der Waals surface area contributed by atoms with Crippen LogP contribution in [0.3, 0.4) is 0 Å². The largest absolute Gasteiger partial charge is 0.462 e. The van der Waals surface area contributed by atoms with Gasteiger partial charge in [0, 0.05) is 12.3 Å². The summed E-state index contributed by atoms with van der Waals surface area (Å²) < 4.78 is 5.84. The number of hydrogen-bond donors (Lipinski definition) is 4. The Morgan fingerprint density at radius 1 is 1.29 bits per heavy atom. The molecule has 1 saturated heterocycles. The van der Waals surface area contributed by atoms with Crippen molar-refractivity contribution in [1.82, 2.24) is 0 Å². The van der Waals surface area contributed by atoms with Gasteiger partial charge in [0.1, 0.15) is 25.1 Å². The van der Waals surface area contributed by atoms with E-state index in [2.05, 4.69) is 18.8 Å². The van der Waals surface area contributed by atoms with Gasteiger partial charge in [0.25, 0.3) is 0 Å². The van der Waals surface area contributed by atoms with E-state index in [1.807, 2.05) is 0 Å². The molecule has 1 aliphatic heterocycles. The minimum Gasteiger partial charge on any atom is -0.462 e. The first-order valence-electron chi connectivity index (χ1n) is 11.2. The van der Waals surface area contributed by atoms with E-state index in [1.165, 1.54) is 23.3 Å². The van der Waals surface area contributed by atoms with Gasteiger partial charge in [0.15, 0.2) is 0 Å². The van der Waals surface area contributed by atoms with Crippen LogP contribution in [0.15, 0.2) is 12.2 Å². The molecule has 0 radical (unpaired) electrons. The smallest absolute Gasteiger partial charge is 0.315 e. The van der Waals surface area contributed by atoms with Crippen LogP contribution in [0.25, 0.3) is 0 Å². The molecule has 0 bridgehead atoms. The Morgan fingerprint density at radius 3 is 2.75 bits per heavy atom. The van der Waals surface area contributed by atoms with Crippen LogP contribution in [0.5, 0.6) is 0 Å². The highest BCUT2D eigenvalue weighted by molar-refractivity contribution is 5.75. The van der Waals surface area contributed by atoms with Gasteiger partial charge in [-0.3, -0.25) is 4.79 Å². The molecule has 6 heteroatoms. The second kappa shape index (κ2) is 9.70. The van der Waals surface area contributed by atoms with E-state index >= 15 is 0 Å². The second-order valence-corrected chi connectivity index (χ2v) is 9.52. The van der Waals surface area contributed by atoms with Gasteiger partial charge in [-0.15, -0.1) is 0 Å². The number of aliphatic hydroxyl groups excluding tert-OH is 2. The van der Waals surface area contributed by atoms with E-state index in [-0.39, 0.29) is 36.6 Å². The summed E-state index contributed by atoms with van der Waals surface area (Å²) in [5, 5.41) is 20.5. The first-order chi connectivity index (χ1) is 13.5. The molecule has 0 aromatic heterocycles. The topological polar surface area (TPSA) is 87.8 Å². The number of nitrogens with two attached hydrogens (primary N) is 1. The summed E-state index contributed by atoms with van der Waals surface area (Å²) in [6.45, 7) is 11.1. The lowest BCUT2D eigenvalue weighted by molar-refractivity contribution is -0.902. The van der Waals surface area contributed by atoms with E-state index in [4.69, 9.17) is 14.9 Å². The van der Waals surface area contributed by atoms with Crippen molar-refractivity contribution in [3.05, 3.63) is 12.2 Å². The van der Waals surface area contributed by atoms with Crippen molar-refractivity contribution in [2.75, 3.05) is 45.9 Å². The van der Waals surface area contributed by atoms with Crippen LogP contribution in [-0.4, -0.2) is 68.2 Å². The summed E-state index contributed by atoms with van der Waals surface area (Å²) >= 11 is 0. The highest BCUT2D eigenvalue weighted by Gasteiger charge is 2.55. The molecule has 28 heavy (non-hydrogen) atoms. The fourth-order valence-corrected chi connectivity index (χ4v) is 6.01. The van der Waals surface area contributed by atoms with Crippen LogP contribution < -0.4 is 10.2 Å². The number of nitrogens with one attached hydrogen (secondary N) is 1. The zero-order chi connectivity index (χ0) is 20.1. The second-order valence-electron chi connectivity index (χ2n) is 9.52. The average Bonchev–Trinajstić information content (AvgIpc) is 2.94. The standard InChI is InChI=1S/C22H38N2O4/c1-16-5-3-6-22(2)14-20-17(13-19(16)22)18(21(27)28-20)15-23-7-4-8-24(9-11-25)10-12-26/h17-20,23,25-26H,1,3-15H2,2H3/p+2/t17-,18-,19-,20-,22-/m1/s1. The van der Waals surface area contributed by atoms with Crippen molar-refractivity contribution in [1.29, 1.82) is 0 Å². The Kier molecular flexibility index (Phi) is 7.54. The molecule has 3 rings (SSSR count). The maximum atomic E-state index is 12.6. The van der Waals surface area contributed by atoms with Crippen molar-refractivity contribution in [3.8, 4) is 0 Å². The summed E-state index contributed by atoms with van der Waals surface area (Å²) in [5.74, 6) is 0.922. The number of ether oxygens (including phenoxy) is 1. The fourth-order valence-electron chi connectivity index (χ4n) is 6.01. The summed E-state index contributed by atoms with van der Waals surface area (Å²) in [7, 11) is 0. The number of rotatable bonds is 10. The van der Waals surface area contributed by atoms with Crippen LogP contribution in [0.2, 0.25) is 0 Å². The predicted octanol–water partition coefficient (Wildman–Crippen LogP) is -0.876. The molecule has 0 aromatic rings. The molecule has 6 nitrogen and oxygen atoms in total. The summed E-state index contributed by atoms with van der Waals surface area (Å²) in [5.41, 5.74) is 1.66. The Morgan fingerprint density at radius 2 is 2.04 bits per heavy atom. The van der Waals surface area contributed by atoms with Gasteiger partial charge in [-0.2, -0.15) is 0 Å². The van der Waals surface area contributed by atoms with Gasteiger partial charge >= 0.3 is 5.97 Å². The third kappa shape index (κ3) is 4.78. The molecule has 3 aliphatic rings. The molecule has 5 atom stereocenters. The van der Waals surface area contributed by atoms with Crippen LogP contribution >= 0.6 is 0 Å². The predicted molar refractivity (Wildman–Crippen MR) is 107 cm³/mol. The third-order valence-corrected chi connectivity index (χ3v) is 7.61. The normalized spacial score (nSPS) is 35.0. The molecular formula is C22H40N2O4+2. The van der Waals surface area contributed by atoms with Crippen LogP contribution in [0, 0.1) is 23.2 Å². The van der Waals surface area contributed by atoms with Gasteiger partial charge in [-0.25, -0.2) is 0 Å². The summed E-state index contributed by atoms with van der Waals surface area (Å²) in [4.78, 5) is 13.8. The zero-order valence-electron chi connectivity index (χ0n) is 17.5. The van der Waals surface area contributed by atoms with Crippen molar-refractivity contribution in [3.63, 3.8) is 0 Å². The molecule has 0 spiro atoms. The molecule has 2 saturated carbocycles. The minimum atomic E-state index is 0.00641. The van der Waals surface area contributed by atoms with E-state index in [0.29, 0.717) is 24.9 Å². The monoisotopic (exact) mass is 396 g/mol. The Bertz CT molecular complexity index is 549. The van der Waals surface area contributed by atoms with Crippen LogP contribution in [0.1, 0.15) is 45.4 Å². The summed E-state index contributed by atoms with van der Waals surface area (Å²) in [6.07, 6.45) is 6.78. The Balaban J connectivity index is 1.47. The van der Waals surface area contributed by atoms with E-state index in [0.717, 1.165) is 45.3 Å². The van der Waals surface area contributed by atoms with Gasteiger partial charge in [-0.1, -0.05) is 19.1 Å². The Hall–Kier alpha value is -0.950. The van der Waals surface area contributed by atoms with Gasteiger partial charge in [-0.05, 0) is 43.4 Å². The zero-order valence-corrected chi connectivity index (χ0v) is 17.5. The molecule has 5 N–H and O–H groups in total. The van der Waals surface area contributed by atoms with Gasteiger partial charge in [0.2, 0.25) is 0 Å². The molecule has 0 aromatic carbocycles. The Labute approximate surface area is 169 Å². The number of carbonyl (C=O) groups excluding carboxylic acids is 1. The van der Waals surface area contributed by atoms with Crippen molar-refractivity contribution in [2.45, 2.75) is 51.6 Å². The molecule has 0 unspecified atom stereocenters. The SMILES string of the molecule is C=C1CCC[C@]2(C)C[C@H]3OC(=O)[C@H](C[NH2+]CCC[NH+](CCO)CCO)[C@H]3C[C@H]12. The lowest BCUT2D eigenvalue weighted by Crippen LogP contribution is -3.13. The third-order valence-electron chi connectivity index (χ3n) is 7.61. The van der Waals surface area contributed by atoms with Crippen molar-refractivity contribution >= 4 is 5.97 Å². The van der Waals surface area contributed by atoms with Gasteiger partial charge < -0.3 is 25.2 Å². The minimum absolute atomic E-state index is 0.00641. The van der Waals surface area contributed by atoms with E-state index in [1.54, 1.807) is 0 Å². The van der Waals surface area contributed by atoms with Gasteiger partial charge in [0.05, 0.1) is 32.8 Å². The average molecular weight is 397 g/mol. The molecule has 0 amide bonds. The van der Waals surface area contributed by atoms with E-state index < -0.39 is 0 Å². The first-order valence-corrected chi connectivity index (χ1v) is 11.2. The lowest BCUT2D eigenvalue weighted by Gasteiger charge is -2.49. The summed E-state index contributed by atoms with van der Waals surface area (Å²) in [6, 6.07) is 0. The number of esters is 1. The maximum absolute atomic E-state index is 12.6. The maximum Gasteiger partial charge on any atom is 0.315 e. The lowest BCUT2D eigenvalue weighted by atomic mass is 9.55. The highest BCUT2D eigenvalue weighted by atomic mass is 16.6. The molecular weight excluding hydrogens is 356 g/mol. The number of allylic oxidation sites excluding steroid dienone is 1. The number of aliphatic hydroxyl groups is 2. The quantitative estimate of drug-likeness (QED) is 0.220. The molecule has 3 fully saturated rings. The number of carbonyl (C=O) groups is 1. The first kappa shape index (κ1) is 21.8. The molecule has 160 valence electrons. The molecule has 2 aliphatic carbocycles.